The second kappa shape index (κ2) is 8.73. The fourth-order valence-electron chi connectivity index (χ4n) is 4.83. The molecule has 5 rings (SSSR count). The van der Waals surface area contributed by atoms with Crippen LogP contribution in [0, 0.1) is 0 Å². The highest BCUT2D eigenvalue weighted by Crippen LogP contribution is 2.46. The second-order valence-electron chi connectivity index (χ2n) is 8.32. The number of allylic oxidation sites excluding steroid dienone is 3. The van der Waals surface area contributed by atoms with Gasteiger partial charge in [0.25, 0.3) is 0 Å². The van der Waals surface area contributed by atoms with Crippen molar-refractivity contribution < 1.29 is 19.1 Å². The van der Waals surface area contributed by atoms with Crippen LogP contribution in [0.1, 0.15) is 54.9 Å². The summed E-state index contributed by atoms with van der Waals surface area (Å²) in [5.74, 6) is -0.448. The molecule has 0 amide bonds. The van der Waals surface area contributed by atoms with Crippen molar-refractivity contribution in [2.45, 2.75) is 50.5 Å². The minimum atomic E-state index is -0.378. The smallest absolute Gasteiger partial charge is 0.336 e. The van der Waals surface area contributed by atoms with Crippen molar-refractivity contribution in [3.63, 3.8) is 0 Å². The van der Waals surface area contributed by atoms with E-state index in [0.29, 0.717) is 12.0 Å². The molecule has 0 spiro atoms. The summed E-state index contributed by atoms with van der Waals surface area (Å²) in [5.41, 5.74) is 3.95. The van der Waals surface area contributed by atoms with E-state index in [1.165, 1.54) is 4.88 Å². The summed E-state index contributed by atoms with van der Waals surface area (Å²) in [5, 5.41) is 9.48. The minimum absolute atomic E-state index is 0.0290. The highest BCUT2D eigenvalue weighted by molar-refractivity contribution is 7.10. The SMILES string of the molecule is CC1=C(C(=O)OC[C@H]2CCCO2)[C@@H](c2ccsc2)C2=C(C[C@@H](c3cccs3)CC2=O)N1. The van der Waals surface area contributed by atoms with Crippen molar-refractivity contribution in [1.29, 1.82) is 0 Å². The zero-order valence-corrected chi connectivity index (χ0v) is 19.0. The fraction of sp³-hybridized carbons (Fsp3) is 0.417. The van der Waals surface area contributed by atoms with E-state index in [1.54, 1.807) is 22.7 Å². The number of nitrogens with one attached hydrogen (secondary N) is 1. The van der Waals surface area contributed by atoms with Crippen LogP contribution >= 0.6 is 22.7 Å². The van der Waals surface area contributed by atoms with Crippen molar-refractivity contribution in [2.24, 2.45) is 0 Å². The lowest BCUT2D eigenvalue weighted by Gasteiger charge is -2.36. The summed E-state index contributed by atoms with van der Waals surface area (Å²) in [6.45, 7) is 2.89. The van der Waals surface area contributed by atoms with Gasteiger partial charge < -0.3 is 14.8 Å². The molecular formula is C24H25NO4S2. The van der Waals surface area contributed by atoms with Crippen molar-refractivity contribution in [3.05, 3.63) is 67.3 Å². The van der Waals surface area contributed by atoms with Gasteiger partial charge in [0.2, 0.25) is 0 Å². The largest absolute Gasteiger partial charge is 0.459 e. The third-order valence-electron chi connectivity index (χ3n) is 6.29. The van der Waals surface area contributed by atoms with Crippen LogP contribution < -0.4 is 5.32 Å². The van der Waals surface area contributed by atoms with Crippen LogP contribution in [0.25, 0.3) is 0 Å². The Morgan fingerprint density at radius 1 is 1.29 bits per heavy atom. The molecule has 0 saturated carbocycles. The first-order valence-corrected chi connectivity index (χ1v) is 12.5. The summed E-state index contributed by atoms with van der Waals surface area (Å²) in [4.78, 5) is 27.8. The molecule has 5 nitrogen and oxygen atoms in total. The van der Waals surface area contributed by atoms with Crippen molar-refractivity contribution in [3.8, 4) is 0 Å². The summed E-state index contributed by atoms with van der Waals surface area (Å²) in [7, 11) is 0. The first kappa shape index (κ1) is 20.7. The number of hydrogen-bond acceptors (Lipinski definition) is 7. The van der Waals surface area contributed by atoms with E-state index in [0.717, 1.165) is 48.4 Å². The van der Waals surface area contributed by atoms with Crippen molar-refractivity contribution in [2.75, 3.05) is 13.2 Å². The maximum Gasteiger partial charge on any atom is 0.336 e. The van der Waals surface area contributed by atoms with Gasteiger partial charge in [0.05, 0.1) is 11.7 Å². The molecule has 1 N–H and O–H groups in total. The Kier molecular flexibility index (Phi) is 5.82. The molecule has 162 valence electrons. The first-order valence-electron chi connectivity index (χ1n) is 10.7. The van der Waals surface area contributed by atoms with E-state index < -0.39 is 0 Å². The van der Waals surface area contributed by atoms with Crippen LogP contribution in [0.5, 0.6) is 0 Å². The van der Waals surface area contributed by atoms with Crippen molar-refractivity contribution >= 4 is 34.4 Å². The Bertz CT molecular complexity index is 1030. The van der Waals surface area contributed by atoms with Gasteiger partial charge in [-0.25, -0.2) is 4.79 Å². The molecule has 1 aliphatic carbocycles. The van der Waals surface area contributed by atoms with E-state index in [9.17, 15) is 9.59 Å². The number of ketones is 1. The molecule has 3 atom stereocenters. The molecule has 7 heteroatoms. The Hall–Kier alpha value is -2.22. The highest BCUT2D eigenvalue weighted by Gasteiger charge is 2.41. The summed E-state index contributed by atoms with van der Waals surface area (Å²) < 4.78 is 11.3. The topological polar surface area (TPSA) is 64.6 Å². The molecule has 1 saturated heterocycles. The standard InChI is InChI=1S/C24H25NO4S2/c1-14-21(24(27)29-12-17-4-2-7-28-17)22(15-6-9-30-13-15)23-18(25-14)10-16(11-19(23)26)20-5-3-8-31-20/h3,5-6,8-9,13,16-17,22,25H,2,4,7,10-12H2,1H3/t16-,17-,22-/m1/s1. The molecular weight excluding hydrogens is 430 g/mol. The van der Waals surface area contributed by atoms with Gasteiger partial charge in [0, 0.05) is 46.7 Å². The number of carbonyl (C=O) groups excluding carboxylic acids is 2. The van der Waals surface area contributed by atoms with Gasteiger partial charge in [-0.3, -0.25) is 4.79 Å². The van der Waals surface area contributed by atoms with Crippen LogP contribution in [0.4, 0.5) is 0 Å². The Morgan fingerprint density at radius 2 is 2.19 bits per heavy atom. The lowest BCUT2D eigenvalue weighted by atomic mass is 9.73. The van der Waals surface area contributed by atoms with Gasteiger partial charge in [0.1, 0.15) is 6.61 Å². The Labute approximate surface area is 189 Å². The lowest BCUT2D eigenvalue weighted by molar-refractivity contribution is -0.142. The number of carbonyl (C=O) groups is 2. The zero-order chi connectivity index (χ0) is 21.4. The molecule has 3 aliphatic rings. The molecule has 0 radical (unpaired) electrons. The summed E-state index contributed by atoms with van der Waals surface area (Å²) in [6, 6.07) is 6.14. The third kappa shape index (κ3) is 4.02. The van der Waals surface area contributed by atoms with Gasteiger partial charge in [-0.05, 0) is 60.0 Å². The van der Waals surface area contributed by atoms with Crippen LogP contribution in [-0.4, -0.2) is 31.1 Å². The molecule has 4 heterocycles. The molecule has 2 aromatic rings. The Balaban J connectivity index is 1.46. The normalized spacial score (nSPS) is 26.1. The number of Topliss-reactive ketones (excluding diaryl/α,β-unsaturated/α-hetero) is 1. The molecule has 2 aromatic heterocycles. The zero-order valence-electron chi connectivity index (χ0n) is 17.4. The molecule has 2 aliphatic heterocycles. The van der Waals surface area contributed by atoms with E-state index in [4.69, 9.17) is 9.47 Å². The monoisotopic (exact) mass is 455 g/mol. The lowest BCUT2D eigenvalue weighted by Crippen LogP contribution is -2.36. The summed E-state index contributed by atoms with van der Waals surface area (Å²) >= 11 is 3.27. The highest BCUT2D eigenvalue weighted by atomic mass is 32.1. The van der Waals surface area contributed by atoms with E-state index in [1.807, 2.05) is 29.8 Å². The number of rotatable bonds is 5. The number of ether oxygens (including phenoxy) is 2. The van der Waals surface area contributed by atoms with Gasteiger partial charge in [-0.1, -0.05) is 6.07 Å². The maximum atomic E-state index is 13.4. The molecule has 31 heavy (non-hydrogen) atoms. The molecule has 0 bridgehead atoms. The van der Waals surface area contributed by atoms with Crippen molar-refractivity contribution in [1.82, 2.24) is 5.32 Å². The van der Waals surface area contributed by atoms with E-state index in [2.05, 4.69) is 16.8 Å². The second-order valence-corrected chi connectivity index (χ2v) is 10.1. The number of esters is 1. The molecule has 0 aromatic carbocycles. The van der Waals surface area contributed by atoms with Crippen LogP contribution in [-0.2, 0) is 19.1 Å². The predicted octanol–water partition coefficient (Wildman–Crippen LogP) is 4.89. The van der Waals surface area contributed by atoms with E-state index in [-0.39, 0.29) is 36.3 Å². The first-order chi connectivity index (χ1) is 15.1. The Morgan fingerprint density at radius 3 is 2.90 bits per heavy atom. The quantitative estimate of drug-likeness (QED) is 0.650. The molecule has 0 unspecified atom stereocenters. The predicted molar refractivity (Wildman–Crippen MR) is 121 cm³/mol. The van der Waals surface area contributed by atoms with Gasteiger partial charge in [-0.2, -0.15) is 11.3 Å². The fourth-order valence-corrected chi connectivity index (χ4v) is 6.35. The number of hydrogen-bond donors (Lipinski definition) is 1. The minimum Gasteiger partial charge on any atom is -0.459 e. The summed E-state index contributed by atoms with van der Waals surface area (Å²) in [6.07, 6.45) is 3.13. The van der Waals surface area contributed by atoms with Gasteiger partial charge >= 0.3 is 5.97 Å². The number of dihydropyridines is 1. The van der Waals surface area contributed by atoms with Crippen LogP contribution in [0.15, 0.2) is 56.9 Å². The third-order valence-corrected chi connectivity index (χ3v) is 8.03. The van der Waals surface area contributed by atoms with E-state index >= 15 is 0 Å². The number of thiophene rings is 2. The molecule has 1 fully saturated rings. The average Bonchev–Trinajstić information content (AvgIpc) is 3.54. The average molecular weight is 456 g/mol. The van der Waals surface area contributed by atoms with Crippen LogP contribution in [0.2, 0.25) is 0 Å². The van der Waals surface area contributed by atoms with Gasteiger partial charge in [0.15, 0.2) is 5.78 Å². The van der Waals surface area contributed by atoms with Gasteiger partial charge in [-0.15, -0.1) is 11.3 Å². The van der Waals surface area contributed by atoms with Crippen LogP contribution in [0.3, 0.4) is 0 Å². The maximum absolute atomic E-state index is 13.4.